The molecule has 0 aliphatic rings. The number of aliphatic hydroxyl groups is 1. The lowest BCUT2D eigenvalue weighted by atomic mass is 9.96. The summed E-state index contributed by atoms with van der Waals surface area (Å²) in [5, 5.41) is 12.8. The third kappa shape index (κ3) is 5.91. The van der Waals surface area contributed by atoms with Crippen LogP contribution in [0.3, 0.4) is 0 Å². The van der Waals surface area contributed by atoms with Gasteiger partial charge in [0.1, 0.15) is 0 Å². The van der Waals surface area contributed by atoms with Gasteiger partial charge in [0.15, 0.2) is 0 Å². The van der Waals surface area contributed by atoms with Gasteiger partial charge in [-0.3, -0.25) is 0 Å². The molecule has 0 aliphatic heterocycles. The maximum absolute atomic E-state index is 10.2. The summed E-state index contributed by atoms with van der Waals surface area (Å²) in [5.41, 5.74) is -0.779. The summed E-state index contributed by atoms with van der Waals surface area (Å²) in [5.74, 6) is 0.428. The van der Waals surface area contributed by atoms with Crippen molar-refractivity contribution in [1.29, 1.82) is 0 Å². The Balaban J connectivity index is 2.26. The van der Waals surface area contributed by atoms with Crippen molar-refractivity contribution in [3.63, 3.8) is 0 Å². The van der Waals surface area contributed by atoms with Crippen molar-refractivity contribution in [2.75, 3.05) is 6.61 Å². The topological polar surface area (TPSA) is 29.5 Å². The standard InChI is InChI=1S/C26H38O2Si/c1-7-26(6,27)20-14-15-22(2)21-28-29(25(3,4)5,23-16-10-8-11-17-23)24-18-12-9-13-19-24/h7-13,16-19,22,27H,1,14-15,20-21H2,2-6H3. The van der Waals surface area contributed by atoms with E-state index >= 15 is 0 Å². The Morgan fingerprint density at radius 1 is 0.966 bits per heavy atom. The van der Waals surface area contributed by atoms with Gasteiger partial charge in [0.2, 0.25) is 0 Å². The monoisotopic (exact) mass is 410 g/mol. The van der Waals surface area contributed by atoms with Gasteiger partial charge < -0.3 is 9.53 Å². The second-order valence-corrected chi connectivity index (χ2v) is 13.8. The van der Waals surface area contributed by atoms with Gasteiger partial charge in [-0.1, -0.05) is 94.4 Å². The zero-order valence-corrected chi connectivity index (χ0v) is 19.8. The molecule has 2 nitrogen and oxygen atoms in total. The minimum Gasteiger partial charge on any atom is -0.407 e. The minimum absolute atomic E-state index is 0.00192. The first-order valence-corrected chi connectivity index (χ1v) is 12.6. The fraction of sp³-hybridized carbons (Fsp3) is 0.462. The number of hydrogen-bond donors (Lipinski definition) is 1. The van der Waals surface area contributed by atoms with Crippen molar-refractivity contribution in [3.05, 3.63) is 73.3 Å². The molecule has 0 bridgehead atoms. The smallest absolute Gasteiger partial charge is 0.261 e. The first kappa shape index (κ1) is 23.6. The third-order valence-electron chi connectivity index (χ3n) is 5.82. The molecule has 2 aromatic carbocycles. The van der Waals surface area contributed by atoms with E-state index in [4.69, 9.17) is 4.43 Å². The van der Waals surface area contributed by atoms with E-state index in [1.807, 2.05) is 6.92 Å². The summed E-state index contributed by atoms with van der Waals surface area (Å²) in [6.07, 6.45) is 4.36. The molecular weight excluding hydrogens is 372 g/mol. The molecule has 0 amide bonds. The molecule has 0 aliphatic carbocycles. The molecular formula is C26H38O2Si. The first-order chi connectivity index (χ1) is 13.6. The van der Waals surface area contributed by atoms with Gasteiger partial charge in [0, 0.05) is 6.61 Å². The Hall–Kier alpha value is -1.68. The molecule has 29 heavy (non-hydrogen) atoms. The molecule has 3 heteroatoms. The lowest BCUT2D eigenvalue weighted by Gasteiger charge is -2.43. The Bertz CT molecular complexity index is 708. The fourth-order valence-corrected chi connectivity index (χ4v) is 8.71. The Morgan fingerprint density at radius 2 is 1.45 bits per heavy atom. The van der Waals surface area contributed by atoms with Gasteiger partial charge in [-0.2, -0.15) is 0 Å². The zero-order chi connectivity index (χ0) is 21.5. The molecule has 2 atom stereocenters. The Kier molecular flexibility index (Phi) is 8.04. The maximum atomic E-state index is 10.2. The minimum atomic E-state index is -2.46. The lowest BCUT2D eigenvalue weighted by molar-refractivity contribution is 0.0961. The second-order valence-electron chi connectivity index (χ2n) is 9.53. The van der Waals surface area contributed by atoms with Crippen LogP contribution in [0.2, 0.25) is 5.04 Å². The van der Waals surface area contributed by atoms with Crippen molar-refractivity contribution in [2.45, 2.75) is 64.5 Å². The molecule has 0 fully saturated rings. The van der Waals surface area contributed by atoms with Crippen LogP contribution < -0.4 is 10.4 Å². The summed E-state index contributed by atoms with van der Waals surface area (Å²) in [6.45, 7) is 15.5. The van der Waals surface area contributed by atoms with Crippen LogP contribution in [0.25, 0.3) is 0 Å². The van der Waals surface area contributed by atoms with Crippen molar-refractivity contribution in [2.24, 2.45) is 5.92 Å². The summed E-state index contributed by atoms with van der Waals surface area (Å²) in [7, 11) is -2.46. The van der Waals surface area contributed by atoms with Gasteiger partial charge in [-0.25, -0.2) is 0 Å². The second kappa shape index (κ2) is 9.88. The van der Waals surface area contributed by atoms with Crippen LogP contribution in [0, 0.1) is 5.92 Å². The molecule has 0 heterocycles. The quantitative estimate of drug-likeness (QED) is 0.425. The van der Waals surface area contributed by atoms with E-state index in [-0.39, 0.29) is 5.04 Å². The van der Waals surface area contributed by atoms with Crippen molar-refractivity contribution < 1.29 is 9.53 Å². The van der Waals surface area contributed by atoms with E-state index in [9.17, 15) is 5.11 Å². The SMILES string of the molecule is C=CC(C)(O)CCCC(C)CO[Si](c1ccccc1)(c1ccccc1)C(C)(C)C. The molecule has 2 rings (SSSR count). The summed E-state index contributed by atoms with van der Waals surface area (Å²) in [4.78, 5) is 0. The molecule has 0 radical (unpaired) electrons. The van der Waals surface area contributed by atoms with Gasteiger partial charge in [0.05, 0.1) is 5.60 Å². The maximum Gasteiger partial charge on any atom is 0.261 e. The highest BCUT2D eigenvalue weighted by atomic mass is 28.4. The Labute approximate surface area is 178 Å². The van der Waals surface area contributed by atoms with Crippen LogP contribution in [0.1, 0.15) is 53.9 Å². The van der Waals surface area contributed by atoms with Gasteiger partial charge >= 0.3 is 0 Å². The molecule has 2 aromatic rings. The Morgan fingerprint density at radius 3 is 1.86 bits per heavy atom. The zero-order valence-electron chi connectivity index (χ0n) is 18.8. The van der Waals surface area contributed by atoms with Crippen LogP contribution in [0.15, 0.2) is 73.3 Å². The summed E-state index contributed by atoms with van der Waals surface area (Å²) in [6, 6.07) is 21.6. The molecule has 0 aromatic heterocycles. The van der Waals surface area contributed by atoms with Crippen LogP contribution in [-0.4, -0.2) is 25.6 Å². The molecule has 0 saturated heterocycles. The molecule has 0 spiro atoms. The van der Waals surface area contributed by atoms with E-state index in [2.05, 4.69) is 94.9 Å². The number of benzene rings is 2. The van der Waals surface area contributed by atoms with Crippen molar-refractivity contribution in [3.8, 4) is 0 Å². The molecule has 1 N–H and O–H groups in total. The molecule has 158 valence electrons. The van der Waals surface area contributed by atoms with Gasteiger partial charge in [-0.05, 0) is 47.5 Å². The largest absolute Gasteiger partial charge is 0.407 e. The van der Waals surface area contributed by atoms with E-state index in [0.717, 1.165) is 25.9 Å². The van der Waals surface area contributed by atoms with E-state index in [0.29, 0.717) is 5.92 Å². The fourth-order valence-electron chi connectivity index (χ4n) is 4.02. The average molecular weight is 411 g/mol. The third-order valence-corrected chi connectivity index (χ3v) is 10.8. The summed E-state index contributed by atoms with van der Waals surface area (Å²) < 4.78 is 6.99. The van der Waals surface area contributed by atoms with Crippen LogP contribution in [0.4, 0.5) is 0 Å². The average Bonchev–Trinajstić information content (AvgIpc) is 2.69. The van der Waals surface area contributed by atoms with E-state index in [1.54, 1.807) is 6.08 Å². The van der Waals surface area contributed by atoms with Gasteiger partial charge in [0.25, 0.3) is 8.32 Å². The number of hydrogen-bond acceptors (Lipinski definition) is 2. The molecule has 0 saturated carbocycles. The van der Waals surface area contributed by atoms with E-state index in [1.165, 1.54) is 10.4 Å². The predicted molar refractivity (Wildman–Crippen MR) is 127 cm³/mol. The predicted octanol–water partition coefficient (Wildman–Crippen LogP) is 5.31. The first-order valence-electron chi connectivity index (χ1n) is 10.7. The van der Waals surface area contributed by atoms with Gasteiger partial charge in [-0.15, -0.1) is 6.58 Å². The molecule has 2 unspecified atom stereocenters. The normalized spacial score (nSPS) is 15.5. The highest BCUT2D eigenvalue weighted by Crippen LogP contribution is 2.37. The van der Waals surface area contributed by atoms with Crippen molar-refractivity contribution >= 4 is 18.7 Å². The highest BCUT2D eigenvalue weighted by Gasteiger charge is 2.50. The van der Waals surface area contributed by atoms with Crippen molar-refractivity contribution in [1.82, 2.24) is 0 Å². The highest BCUT2D eigenvalue weighted by molar-refractivity contribution is 6.99. The van der Waals surface area contributed by atoms with Crippen LogP contribution >= 0.6 is 0 Å². The lowest BCUT2D eigenvalue weighted by Crippen LogP contribution is -2.66. The summed E-state index contributed by atoms with van der Waals surface area (Å²) >= 11 is 0. The van der Waals surface area contributed by atoms with E-state index < -0.39 is 13.9 Å². The number of rotatable bonds is 10. The van der Waals surface area contributed by atoms with Crippen LogP contribution in [0.5, 0.6) is 0 Å². The van der Waals surface area contributed by atoms with Crippen LogP contribution in [-0.2, 0) is 4.43 Å².